The Morgan fingerprint density at radius 2 is 2.13 bits per heavy atom. The molecule has 0 fully saturated rings. The number of halogens is 1. The zero-order valence-electron chi connectivity index (χ0n) is 12.7. The highest BCUT2D eigenvalue weighted by atomic mass is 35.5. The van der Waals surface area contributed by atoms with Gasteiger partial charge in [-0.2, -0.15) is 0 Å². The Balaban J connectivity index is 2.08. The van der Waals surface area contributed by atoms with E-state index >= 15 is 0 Å². The Hall–Kier alpha value is -2.09. The van der Waals surface area contributed by atoms with Crippen LogP contribution in [0.15, 0.2) is 28.7 Å². The Labute approximate surface area is 137 Å². The summed E-state index contributed by atoms with van der Waals surface area (Å²) in [5, 5.41) is 34.2. The highest BCUT2D eigenvalue weighted by Crippen LogP contribution is 2.33. The number of hydrogen-bond donors (Lipinski definition) is 3. The van der Waals surface area contributed by atoms with E-state index in [0.717, 1.165) is 6.07 Å². The SMILES string of the molecule is Cc1ccc(C(C)(O)CNCc2cc(Cl)cc([N+](=O)[O-])c2O)o1. The number of aromatic hydroxyl groups is 1. The molecule has 124 valence electrons. The fraction of sp³-hybridized carbons (Fsp3) is 0.333. The molecule has 1 unspecified atom stereocenters. The molecule has 0 amide bonds. The van der Waals surface area contributed by atoms with Crippen molar-refractivity contribution in [3.05, 3.63) is 56.5 Å². The van der Waals surface area contributed by atoms with E-state index in [4.69, 9.17) is 16.0 Å². The summed E-state index contributed by atoms with van der Waals surface area (Å²) in [5.41, 5.74) is -1.44. The number of nitro benzene ring substituents is 1. The first-order valence-electron chi connectivity index (χ1n) is 6.86. The van der Waals surface area contributed by atoms with E-state index in [2.05, 4.69) is 5.32 Å². The van der Waals surface area contributed by atoms with Crippen LogP contribution in [0.3, 0.4) is 0 Å². The van der Waals surface area contributed by atoms with E-state index in [1.165, 1.54) is 6.07 Å². The lowest BCUT2D eigenvalue weighted by atomic mass is 10.0. The molecule has 23 heavy (non-hydrogen) atoms. The van der Waals surface area contributed by atoms with Crippen molar-refractivity contribution in [3.8, 4) is 5.75 Å². The highest BCUT2D eigenvalue weighted by molar-refractivity contribution is 6.31. The number of phenolic OH excluding ortho intramolecular Hbond substituents is 1. The molecule has 2 rings (SSSR count). The lowest BCUT2D eigenvalue weighted by Crippen LogP contribution is -2.34. The van der Waals surface area contributed by atoms with Gasteiger partial charge in [0.1, 0.15) is 17.1 Å². The number of hydrogen-bond acceptors (Lipinski definition) is 6. The molecule has 1 heterocycles. The molecule has 0 saturated heterocycles. The summed E-state index contributed by atoms with van der Waals surface area (Å²) in [6, 6.07) is 5.94. The van der Waals surface area contributed by atoms with Crippen LogP contribution in [0.4, 0.5) is 5.69 Å². The summed E-state index contributed by atoms with van der Waals surface area (Å²) in [5.74, 6) is 0.646. The molecule has 0 radical (unpaired) electrons. The Bertz CT molecular complexity index is 727. The first-order valence-corrected chi connectivity index (χ1v) is 7.24. The maximum Gasteiger partial charge on any atom is 0.312 e. The molecule has 0 aliphatic carbocycles. The van der Waals surface area contributed by atoms with E-state index in [-0.39, 0.29) is 23.7 Å². The molecule has 1 atom stereocenters. The lowest BCUT2D eigenvalue weighted by molar-refractivity contribution is -0.385. The van der Waals surface area contributed by atoms with Crippen LogP contribution in [0.1, 0.15) is 24.0 Å². The molecule has 0 spiro atoms. The first kappa shape index (κ1) is 17.3. The van der Waals surface area contributed by atoms with Crippen LogP contribution in [0.5, 0.6) is 5.75 Å². The van der Waals surface area contributed by atoms with Crippen LogP contribution in [-0.2, 0) is 12.1 Å². The van der Waals surface area contributed by atoms with E-state index in [1.54, 1.807) is 26.0 Å². The number of nitrogens with one attached hydrogen (secondary N) is 1. The van der Waals surface area contributed by atoms with Gasteiger partial charge in [0.25, 0.3) is 0 Å². The monoisotopic (exact) mass is 340 g/mol. The molecule has 8 heteroatoms. The molecule has 1 aromatic heterocycles. The van der Waals surface area contributed by atoms with Gasteiger partial charge in [0.2, 0.25) is 0 Å². The van der Waals surface area contributed by atoms with Gasteiger partial charge >= 0.3 is 5.69 Å². The predicted octanol–water partition coefficient (Wildman–Crippen LogP) is 2.85. The van der Waals surface area contributed by atoms with Crippen molar-refractivity contribution < 1.29 is 19.6 Å². The van der Waals surface area contributed by atoms with Crippen molar-refractivity contribution in [2.24, 2.45) is 0 Å². The Morgan fingerprint density at radius 3 is 2.70 bits per heavy atom. The smallest absolute Gasteiger partial charge is 0.312 e. The number of nitrogens with zero attached hydrogens (tertiary/aromatic N) is 1. The van der Waals surface area contributed by atoms with Crippen molar-refractivity contribution in [1.82, 2.24) is 5.32 Å². The van der Waals surface area contributed by atoms with Crippen molar-refractivity contribution in [3.63, 3.8) is 0 Å². The second-order valence-electron chi connectivity index (χ2n) is 5.48. The summed E-state index contributed by atoms with van der Waals surface area (Å²) >= 11 is 5.83. The van der Waals surface area contributed by atoms with Crippen LogP contribution < -0.4 is 5.32 Å². The van der Waals surface area contributed by atoms with Crippen LogP contribution in [0.2, 0.25) is 5.02 Å². The molecule has 0 bridgehead atoms. The van der Waals surface area contributed by atoms with Gasteiger partial charge in [0, 0.05) is 29.7 Å². The van der Waals surface area contributed by atoms with Crippen molar-refractivity contribution in [2.45, 2.75) is 26.0 Å². The fourth-order valence-corrected chi connectivity index (χ4v) is 2.40. The average molecular weight is 341 g/mol. The number of furan rings is 1. The third-order valence-corrected chi connectivity index (χ3v) is 3.60. The summed E-state index contributed by atoms with van der Waals surface area (Å²) in [4.78, 5) is 10.2. The van der Waals surface area contributed by atoms with E-state index in [9.17, 15) is 20.3 Å². The van der Waals surface area contributed by atoms with Gasteiger partial charge in [0.05, 0.1) is 4.92 Å². The standard InChI is InChI=1S/C15H17ClN2O5/c1-9-3-4-13(23-9)15(2,20)8-17-7-10-5-11(16)6-12(14(10)19)18(21)22/h3-6,17,19-20H,7-8H2,1-2H3. The summed E-state index contributed by atoms with van der Waals surface area (Å²) < 4.78 is 5.39. The van der Waals surface area contributed by atoms with Gasteiger partial charge in [-0.15, -0.1) is 0 Å². The lowest BCUT2D eigenvalue weighted by Gasteiger charge is -2.21. The van der Waals surface area contributed by atoms with Gasteiger partial charge < -0.3 is 19.9 Å². The van der Waals surface area contributed by atoms with Crippen LogP contribution >= 0.6 is 11.6 Å². The average Bonchev–Trinajstić information content (AvgIpc) is 2.89. The third kappa shape index (κ3) is 4.01. The van der Waals surface area contributed by atoms with Gasteiger partial charge in [-0.25, -0.2) is 0 Å². The van der Waals surface area contributed by atoms with Crippen LogP contribution in [-0.4, -0.2) is 21.7 Å². The molecule has 0 saturated carbocycles. The minimum Gasteiger partial charge on any atom is -0.502 e. The molecule has 7 nitrogen and oxygen atoms in total. The second-order valence-corrected chi connectivity index (χ2v) is 5.91. The first-order chi connectivity index (χ1) is 10.7. The number of benzene rings is 1. The zero-order valence-corrected chi connectivity index (χ0v) is 13.4. The number of aryl methyl sites for hydroxylation is 1. The van der Waals surface area contributed by atoms with Crippen molar-refractivity contribution >= 4 is 17.3 Å². The fourth-order valence-electron chi connectivity index (χ4n) is 2.17. The molecular formula is C15H17ClN2O5. The molecule has 3 N–H and O–H groups in total. The van der Waals surface area contributed by atoms with E-state index in [1.807, 2.05) is 0 Å². The van der Waals surface area contributed by atoms with Gasteiger partial charge in [-0.1, -0.05) is 11.6 Å². The predicted molar refractivity (Wildman–Crippen MR) is 84.5 cm³/mol. The Kier molecular flexibility index (Phi) is 4.93. The summed E-state index contributed by atoms with van der Waals surface area (Å²) in [6.07, 6.45) is 0. The second kappa shape index (κ2) is 6.57. The molecule has 1 aromatic carbocycles. The van der Waals surface area contributed by atoms with Crippen LogP contribution in [0, 0.1) is 17.0 Å². The van der Waals surface area contributed by atoms with Gasteiger partial charge in [-0.05, 0) is 32.0 Å². The summed E-state index contributed by atoms with van der Waals surface area (Å²) in [6.45, 7) is 3.58. The normalized spacial score (nSPS) is 13.7. The molecular weight excluding hydrogens is 324 g/mol. The van der Waals surface area contributed by atoms with E-state index < -0.39 is 22.0 Å². The van der Waals surface area contributed by atoms with Crippen molar-refractivity contribution in [2.75, 3.05) is 6.54 Å². The molecule has 2 aromatic rings. The minimum atomic E-state index is -1.26. The number of phenols is 1. The largest absolute Gasteiger partial charge is 0.502 e. The number of rotatable bonds is 6. The minimum absolute atomic E-state index is 0.100. The molecule has 0 aliphatic rings. The third-order valence-electron chi connectivity index (χ3n) is 3.39. The zero-order chi connectivity index (χ0) is 17.2. The maximum absolute atomic E-state index is 10.9. The summed E-state index contributed by atoms with van der Waals surface area (Å²) in [7, 11) is 0. The number of aliphatic hydroxyl groups is 1. The van der Waals surface area contributed by atoms with Gasteiger partial charge in [-0.3, -0.25) is 10.1 Å². The topological polar surface area (TPSA) is 109 Å². The van der Waals surface area contributed by atoms with Gasteiger partial charge in [0.15, 0.2) is 5.75 Å². The van der Waals surface area contributed by atoms with Crippen LogP contribution in [0.25, 0.3) is 0 Å². The Morgan fingerprint density at radius 1 is 1.43 bits per heavy atom. The van der Waals surface area contributed by atoms with Crippen molar-refractivity contribution in [1.29, 1.82) is 0 Å². The molecule has 0 aliphatic heterocycles. The highest BCUT2D eigenvalue weighted by Gasteiger charge is 2.27. The number of nitro groups is 1. The maximum atomic E-state index is 10.9. The quantitative estimate of drug-likeness (QED) is 0.551. The van der Waals surface area contributed by atoms with E-state index in [0.29, 0.717) is 11.5 Å².